The van der Waals surface area contributed by atoms with Gasteiger partial charge >= 0.3 is 0 Å². The highest BCUT2D eigenvalue weighted by molar-refractivity contribution is 5.24. The van der Waals surface area contributed by atoms with E-state index in [-0.39, 0.29) is 5.60 Å². The number of benzene rings is 1. The summed E-state index contributed by atoms with van der Waals surface area (Å²) in [5.41, 5.74) is 2.80. The van der Waals surface area contributed by atoms with Crippen LogP contribution in [0, 0.1) is 6.92 Å². The third-order valence-electron chi connectivity index (χ3n) is 4.65. The first kappa shape index (κ1) is 15.5. The molecule has 0 heterocycles. The van der Waals surface area contributed by atoms with Gasteiger partial charge in [0.1, 0.15) is 0 Å². The second-order valence-electron chi connectivity index (χ2n) is 6.18. The standard InChI is InChI=1S/C18H29NO/c1-4-12-19-17(18(20-3)10-5-6-11-18)14-16-9-7-8-15(2)13-16/h7-9,13,17,19H,4-6,10-12,14H2,1-3H3. The Hall–Kier alpha value is -0.860. The lowest BCUT2D eigenvalue weighted by molar-refractivity contribution is -0.0354. The summed E-state index contributed by atoms with van der Waals surface area (Å²) in [6.07, 6.45) is 7.21. The zero-order chi connectivity index (χ0) is 14.4. The van der Waals surface area contributed by atoms with Crippen molar-refractivity contribution in [3.63, 3.8) is 0 Å². The molecule has 0 amide bonds. The van der Waals surface area contributed by atoms with E-state index in [0.717, 1.165) is 13.0 Å². The van der Waals surface area contributed by atoms with Gasteiger partial charge in [0, 0.05) is 13.2 Å². The molecule has 1 atom stereocenters. The maximum atomic E-state index is 6.00. The maximum Gasteiger partial charge on any atom is 0.0834 e. The van der Waals surface area contributed by atoms with Crippen molar-refractivity contribution in [1.29, 1.82) is 0 Å². The van der Waals surface area contributed by atoms with E-state index in [1.807, 2.05) is 7.11 Å². The Balaban J connectivity index is 2.14. The quantitative estimate of drug-likeness (QED) is 0.815. The summed E-state index contributed by atoms with van der Waals surface area (Å²) in [6.45, 7) is 5.46. The molecule has 0 bridgehead atoms. The molecular weight excluding hydrogens is 246 g/mol. The molecule has 1 N–H and O–H groups in total. The summed E-state index contributed by atoms with van der Waals surface area (Å²) in [7, 11) is 1.89. The molecule has 1 unspecified atom stereocenters. The number of nitrogens with one attached hydrogen (secondary N) is 1. The lowest BCUT2D eigenvalue weighted by atomic mass is 9.87. The molecule has 0 aliphatic heterocycles. The van der Waals surface area contributed by atoms with Crippen LogP contribution in [0.5, 0.6) is 0 Å². The molecule has 1 aliphatic carbocycles. The Morgan fingerprint density at radius 2 is 2.05 bits per heavy atom. The molecule has 1 aromatic rings. The lowest BCUT2D eigenvalue weighted by Crippen LogP contribution is -2.52. The summed E-state index contributed by atoms with van der Waals surface area (Å²) < 4.78 is 6.00. The van der Waals surface area contributed by atoms with Gasteiger partial charge in [0.2, 0.25) is 0 Å². The molecular formula is C18H29NO. The highest BCUT2D eigenvalue weighted by Crippen LogP contribution is 2.36. The van der Waals surface area contributed by atoms with Crippen molar-refractivity contribution in [2.45, 2.75) is 64.0 Å². The molecule has 1 saturated carbocycles. The molecule has 0 saturated heterocycles. The van der Waals surface area contributed by atoms with Crippen LogP contribution in [0.3, 0.4) is 0 Å². The van der Waals surface area contributed by atoms with Gasteiger partial charge in [0.25, 0.3) is 0 Å². The summed E-state index contributed by atoms with van der Waals surface area (Å²) >= 11 is 0. The first-order chi connectivity index (χ1) is 9.70. The van der Waals surface area contributed by atoms with Gasteiger partial charge in [-0.1, -0.05) is 49.6 Å². The molecule has 1 aromatic carbocycles. The van der Waals surface area contributed by atoms with Crippen molar-refractivity contribution >= 4 is 0 Å². The largest absolute Gasteiger partial charge is 0.377 e. The smallest absolute Gasteiger partial charge is 0.0834 e. The average Bonchev–Trinajstić information content (AvgIpc) is 2.93. The van der Waals surface area contributed by atoms with Crippen LogP contribution in [0.2, 0.25) is 0 Å². The van der Waals surface area contributed by atoms with E-state index >= 15 is 0 Å². The molecule has 1 aliphatic rings. The van der Waals surface area contributed by atoms with Gasteiger partial charge in [-0.05, 0) is 44.7 Å². The minimum absolute atomic E-state index is 0.0406. The number of hydrogen-bond donors (Lipinski definition) is 1. The minimum Gasteiger partial charge on any atom is -0.377 e. The Labute approximate surface area is 123 Å². The third-order valence-corrected chi connectivity index (χ3v) is 4.65. The predicted octanol–water partition coefficient (Wildman–Crippen LogP) is 3.86. The summed E-state index contributed by atoms with van der Waals surface area (Å²) in [4.78, 5) is 0. The van der Waals surface area contributed by atoms with Crippen LogP contribution in [0.4, 0.5) is 0 Å². The van der Waals surface area contributed by atoms with Gasteiger partial charge in [0.15, 0.2) is 0 Å². The fourth-order valence-electron chi connectivity index (χ4n) is 3.51. The first-order valence-electron chi connectivity index (χ1n) is 8.04. The van der Waals surface area contributed by atoms with E-state index in [9.17, 15) is 0 Å². The van der Waals surface area contributed by atoms with E-state index in [0.29, 0.717) is 6.04 Å². The number of methoxy groups -OCH3 is 1. The fourth-order valence-corrected chi connectivity index (χ4v) is 3.51. The van der Waals surface area contributed by atoms with Crippen LogP contribution in [0.25, 0.3) is 0 Å². The van der Waals surface area contributed by atoms with Crippen LogP contribution in [-0.2, 0) is 11.2 Å². The van der Waals surface area contributed by atoms with Gasteiger partial charge in [0.05, 0.1) is 5.60 Å². The predicted molar refractivity (Wildman–Crippen MR) is 85.2 cm³/mol. The van der Waals surface area contributed by atoms with E-state index in [2.05, 4.69) is 43.4 Å². The minimum atomic E-state index is 0.0406. The summed E-state index contributed by atoms with van der Waals surface area (Å²) in [5.74, 6) is 0. The Bertz CT molecular complexity index is 410. The molecule has 2 rings (SSSR count). The number of hydrogen-bond acceptors (Lipinski definition) is 2. The molecule has 2 nitrogen and oxygen atoms in total. The van der Waals surface area contributed by atoms with Crippen molar-refractivity contribution in [2.24, 2.45) is 0 Å². The summed E-state index contributed by atoms with van der Waals surface area (Å²) in [5, 5.41) is 3.75. The van der Waals surface area contributed by atoms with Crippen LogP contribution in [-0.4, -0.2) is 25.3 Å². The second-order valence-corrected chi connectivity index (χ2v) is 6.18. The Kier molecular flexibility index (Phi) is 5.62. The van der Waals surface area contributed by atoms with E-state index < -0.39 is 0 Å². The molecule has 112 valence electrons. The zero-order valence-corrected chi connectivity index (χ0v) is 13.2. The van der Waals surface area contributed by atoms with Gasteiger partial charge in [-0.3, -0.25) is 0 Å². The highest BCUT2D eigenvalue weighted by Gasteiger charge is 2.41. The topological polar surface area (TPSA) is 21.3 Å². The highest BCUT2D eigenvalue weighted by atomic mass is 16.5. The zero-order valence-electron chi connectivity index (χ0n) is 13.2. The first-order valence-corrected chi connectivity index (χ1v) is 8.04. The molecule has 0 aromatic heterocycles. The number of ether oxygens (including phenoxy) is 1. The maximum absolute atomic E-state index is 6.00. The van der Waals surface area contributed by atoms with E-state index in [1.54, 1.807) is 0 Å². The van der Waals surface area contributed by atoms with Crippen molar-refractivity contribution in [1.82, 2.24) is 5.32 Å². The second kappa shape index (κ2) is 7.24. The normalized spacial score (nSPS) is 19.1. The molecule has 20 heavy (non-hydrogen) atoms. The van der Waals surface area contributed by atoms with E-state index in [4.69, 9.17) is 4.74 Å². The fraction of sp³-hybridized carbons (Fsp3) is 0.667. The van der Waals surface area contributed by atoms with Gasteiger partial charge in [-0.15, -0.1) is 0 Å². The van der Waals surface area contributed by atoms with Crippen LogP contribution in [0.15, 0.2) is 24.3 Å². The number of aryl methyl sites for hydroxylation is 1. The third kappa shape index (κ3) is 3.62. The van der Waals surface area contributed by atoms with Crippen LogP contribution in [0.1, 0.15) is 50.2 Å². The molecule has 0 radical (unpaired) electrons. The number of rotatable bonds is 7. The van der Waals surface area contributed by atoms with Crippen molar-refractivity contribution in [3.05, 3.63) is 35.4 Å². The monoisotopic (exact) mass is 275 g/mol. The lowest BCUT2D eigenvalue weighted by Gasteiger charge is -2.37. The van der Waals surface area contributed by atoms with Crippen molar-refractivity contribution in [3.8, 4) is 0 Å². The SMILES string of the molecule is CCCNC(Cc1cccc(C)c1)C1(OC)CCCC1. The van der Waals surface area contributed by atoms with E-state index in [1.165, 1.54) is 43.2 Å². The Morgan fingerprint density at radius 1 is 1.30 bits per heavy atom. The van der Waals surface area contributed by atoms with Gasteiger partial charge in [-0.2, -0.15) is 0 Å². The van der Waals surface area contributed by atoms with Crippen molar-refractivity contribution in [2.75, 3.05) is 13.7 Å². The molecule has 0 spiro atoms. The van der Waals surface area contributed by atoms with Crippen LogP contribution < -0.4 is 5.32 Å². The van der Waals surface area contributed by atoms with Crippen molar-refractivity contribution < 1.29 is 4.74 Å². The van der Waals surface area contributed by atoms with Gasteiger partial charge in [-0.25, -0.2) is 0 Å². The average molecular weight is 275 g/mol. The Morgan fingerprint density at radius 3 is 2.65 bits per heavy atom. The summed E-state index contributed by atoms with van der Waals surface area (Å²) in [6, 6.07) is 9.30. The van der Waals surface area contributed by atoms with Crippen LogP contribution >= 0.6 is 0 Å². The molecule has 2 heteroatoms. The molecule has 1 fully saturated rings. The van der Waals surface area contributed by atoms with Gasteiger partial charge < -0.3 is 10.1 Å².